The first-order chi connectivity index (χ1) is 13.4. The van der Waals surface area contributed by atoms with E-state index in [1.807, 2.05) is 11.8 Å². The number of rotatable bonds is 4. The van der Waals surface area contributed by atoms with E-state index in [0.29, 0.717) is 35.1 Å². The van der Waals surface area contributed by atoms with Crippen LogP contribution in [0.4, 0.5) is 10.1 Å². The second-order valence-electron chi connectivity index (χ2n) is 8.64. The Morgan fingerprint density at radius 1 is 1.25 bits per heavy atom. The molecular formula is C21H24FN3O3. The van der Waals surface area contributed by atoms with Gasteiger partial charge in [0.15, 0.2) is 5.82 Å². The Kier molecular flexibility index (Phi) is 3.81. The van der Waals surface area contributed by atoms with Gasteiger partial charge >= 0.3 is 5.97 Å². The van der Waals surface area contributed by atoms with Crippen LogP contribution in [0, 0.1) is 24.6 Å². The zero-order valence-electron chi connectivity index (χ0n) is 15.8. The molecule has 148 valence electrons. The Morgan fingerprint density at radius 3 is 2.57 bits per heavy atom. The molecular weight excluding hydrogens is 361 g/mol. The monoisotopic (exact) mass is 385 g/mol. The van der Waals surface area contributed by atoms with Crippen LogP contribution in [0.3, 0.4) is 0 Å². The lowest BCUT2D eigenvalue weighted by Gasteiger charge is -2.24. The molecule has 3 fully saturated rings. The molecule has 0 aromatic carbocycles. The van der Waals surface area contributed by atoms with Gasteiger partial charge in [0, 0.05) is 19.1 Å². The summed E-state index contributed by atoms with van der Waals surface area (Å²) in [6, 6.07) is 1.52. The van der Waals surface area contributed by atoms with Crippen molar-refractivity contribution in [2.75, 3.05) is 18.0 Å². The number of aromatic carboxylic acids is 1. The van der Waals surface area contributed by atoms with Crippen molar-refractivity contribution in [2.24, 2.45) is 17.6 Å². The molecule has 7 heteroatoms. The number of fused-ring (bicyclic) bond motifs is 1. The average Bonchev–Trinajstić information content (AvgIpc) is 3.54. The first kappa shape index (κ1) is 17.7. The Labute approximate surface area is 161 Å². The highest BCUT2D eigenvalue weighted by atomic mass is 19.1. The number of hydrogen-bond acceptors (Lipinski definition) is 4. The van der Waals surface area contributed by atoms with E-state index in [4.69, 9.17) is 5.73 Å². The molecule has 0 amide bonds. The van der Waals surface area contributed by atoms with Crippen LogP contribution < -0.4 is 16.2 Å². The van der Waals surface area contributed by atoms with Crippen LogP contribution in [0.15, 0.2) is 17.1 Å². The number of nitrogens with zero attached hydrogens (tertiary/aromatic N) is 2. The van der Waals surface area contributed by atoms with E-state index in [-0.39, 0.29) is 17.5 Å². The summed E-state index contributed by atoms with van der Waals surface area (Å²) in [5, 5.41) is 9.40. The van der Waals surface area contributed by atoms with E-state index < -0.39 is 17.3 Å². The fourth-order valence-corrected chi connectivity index (χ4v) is 4.95. The SMILES string of the molecule is Cc1c(N2C[C@H](N)[C@H](C3CC3)C2)c(F)cn2c(=O)c(C(=O)O)cc(C3CC3)c12. The molecule has 0 radical (unpaired) electrons. The number of pyridine rings is 2. The average molecular weight is 385 g/mol. The van der Waals surface area contributed by atoms with Gasteiger partial charge < -0.3 is 15.7 Å². The third-order valence-corrected chi connectivity index (χ3v) is 6.65. The van der Waals surface area contributed by atoms with Gasteiger partial charge in [0.05, 0.1) is 17.4 Å². The molecule has 1 aliphatic heterocycles. The number of carboxylic acids is 1. The predicted molar refractivity (Wildman–Crippen MR) is 104 cm³/mol. The molecule has 2 atom stereocenters. The van der Waals surface area contributed by atoms with Gasteiger partial charge in [-0.05, 0) is 67.6 Å². The van der Waals surface area contributed by atoms with Crippen molar-refractivity contribution in [1.82, 2.24) is 4.40 Å². The normalized spacial score (nSPS) is 24.9. The summed E-state index contributed by atoms with van der Waals surface area (Å²) in [6.07, 6.45) is 5.47. The molecule has 2 aliphatic carbocycles. The van der Waals surface area contributed by atoms with Gasteiger partial charge in [-0.2, -0.15) is 0 Å². The molecule has 28 heavy (non-hydrogen) atoms. The van der Waals surface area contributed by atoms with Crippen LogP contribution in [-0.2, 0) is 0 Å². The third kappa shape index (κ3) is 2.64. The summed E-state index contributed by atoms with van der Waals surface area (Å²) in [6.45, 7) is 3.16. The van der Waals surface area contributed by atoms with Crippen LogP contribution in [0.2, 0.25) is 0 Å². The maximum atomic E-state index is 15.2. The standard InChI is InChI=1S/C21H24FN3O3/c1-10-18-13(11-2-3-11)6-14(21(27)28)20(26)25(18)8-16(22)19(10)24-7-15(12-4-5-12)17(23)9-24/h6,8,11-12,15,17H,2-5,7,9,23H2,1H3,(H,27,28)/t15-,17-/m0/s1. The van der Waals surface area contributed by atoms with Gasteiger partial charge in [0.25, 0.3) is 5.56 Å². The van der Waals surface area contributed by atoms with E-state index in [2.05, 4.69) is 0 Å². The van der Waals surface area contributed by atoms with Crippen LogP contribution in [-0.4, -0.2) is 34.6 Å². The highest BCUT2D eigenvalue weighted by Gasteiger charge is 2.42. The van der Waals surface area contributed by atoms with Crippen molar-refractivity contribution in [3.05, 3.63) is 45.1 Å². The van der Waals surface area contributed by atoms with Gasteiger partial charge in [-0.15, -0.1) is 0 Å². The first-order valence-electron chi connectivity index (χ1n) is 9.99. The summed E-state index contributed by atoms with van der Waals surface area (Å²) in [7, 11) is 0. The fourth-order valence-electron chi connectivity index (χ4n) is 4.95. The molecule has 2 aromatic rings. The smallest absolute Gasteiger partial charge is 0.341 e. The highest BCUT2D eigenvalue weighted by molar-refractivity contribution is 5.89. The van der Waals surface area contributed by atoms with E-state index >= 15 is 4.39 Å². The van der Waals surface area contributed by atoms with Crippen LogP contribution >= 0.6 is 0 Å². The molecule has 2 saturated carbocycles. The lowest BCUT2D eigenvalue weighted by molar-refractivity contribution is 0.0694. The van der Waals surface area contributed by atoms with Crippen molar-refractivity contribution in [1.29, 1.82) is 0 Å². The van der Waals surface area contributed by atoms with Crippen LogP contribution in [0.25, 0.3) is 5.52 Å². The predicted octanol–water partition coefficient (Wildman–Crippen LogP) is 2.50. The molecule has 1 saturated heterocycles. The number of anilines is 1. The fraction of sp³-hybridized carbons (Fsp3) is 0.524. The Bertz CT molecular complexity index is 1060. The van der Waals surface area contributed by atoms with E-state index in [9.17, 15) is 14.7 Å². The number of hydrogen-bond donors (Lipinski definition) is 2. The molecule has 3 heterocycles. The Hall–Kier alpha value is -2.41. The minimum absolute atomic E-state index is 0.0296. The number of aryl methyl sites for hydroxylation is 1. The lowest BCUT2D eigenvalue weighted by Crippen LogP contribution is -2.31. The van der Waals surface area contributed by atoms with Crippen molar-refractivity contribution in [2.45, 2.75) is 44.6 Å². The molecule has 0 spiro atoms. The van der Waals surface area contributed by atoms with Crippen molar-refractivity contribution in [3.8, 4) is 0 Å². The Morgan fingerprint density at radius 2 is 1.96 bits per heavy atom. The summed E-state index contributed by atoms with van der Waals surface area (Å²) >= 11 is 0. The third-order valence-electron chi connectivity index (χ3n) is 6.65. The Balaban J connectivity index is 1.70. The maximum absolute atomic E-state index is 15.2. The minimum atomic E-state index is -1.28. The van der Waals surface area contributed by atoms with Crippen molar-refractivity contribution >= 4 is 17.2 Å². The minimum Gasteiger partial charge on any atom is -0.477 e. The van der Waals surface area contributed by atoms with Crippen molar-refractivity contribution in [3.63, 3.8) is 0 Å². The van der Waals surface area contributed by atoms with Crippen LogP contribution in [0.1, 0.15) is 53.1 Å². The largest absolute Gasteiger partial charge is 0.477 e. The summed E-state index contributed by atoms with van der Waals surface area (Å²) < 4.78 is 16.4. The van der Waals surface area contributed by atoms with Crippen LogP contribution in [0.5, 0.6) is 0 Å². The first-order valence-corrected chi connectivity index (χ1v) is 9.99. The number of carboxylic acid groups (broad SMARTS) is 1. The zero-order valence-corrected chi connectivity index (χ0v) is 15.8. The van der Waals surface area contributed by atoms with Gasteiger partial charge in [-0.25, -0.2) is 9.18 Å². The van der Waals surface area contributed by atoms with E-state index in [1.165, 1.54) is 23.3 Å². The highest BCUT2D eigenvalue weighted by Crippen LogP contribution is 2.45. The van der Waals surface area contributed by atoms with Crippen molar-refractivity contribution < 1.29 is 14.3 Å². The molecule has 3 N–H and O–H groups in total. The number of aromatic nitrogens is 1. The van der Waals surface area contributed by atoms with Gasteiger partial charge in [-0.1, -0.05) is 0 Å². The lowest BCUT2D eigenvalue weighted by atomic mass is 9.99. The van der Waals surface area contributed by atoms with Gasteiger partial charge in [-0.3, -0.25) is 9.20 Å². The summed E-state index contributed by atoms with van der Waals surface area (Å²) in [4.78, 5) is 26.2. The number of carbonyl (C=O) groups is 1. The molecule has 0 unspecified atom stereocenters. The summed E-state index contributed by atoms with van der Waals surface area (Å²) in [5.41, 5.74) is 8.03. The quantitative estimate of drug-likeness (QED) is 0.844. The maximum Gasteiger partial charge on any atom is 0.341 e. The summed E-state index contributed by atoms with van der Waals surface area (Å²) in [5.74, 6) is -0.520. The molecule has 2 aromatic heterocycles. The van der Waals surface area contributed by atoms with Gasteiger partial charge in [0.2, 0.25) is 0 Å². The topological polar surface area (TPSA) is 88.0 Å². The molecule has 6 nitrogen and oxygen atoms in total. The van der Waals surface area contributed by atoms with E-state index in [1.54, 1.807) is 0 Å². The van der Waals surface area contributed by atoms with Gasteiger partial charge in [0.1, 0.15) is 5.56 Å². The second kappa shape index (κ2) is 6.04. The number of halogens is 1. The second-order valence-corrected chi connectivity index (χ2v) is 8.64. The molecule has 0 bridgehead atoms. The molecule has 5 rings (SSSR count). The molecule has 3 aliphatic rings. The van der Waals surface area contributed by atoms with E-state index in [0.717, 1.165) is 31.1 Å². The number of nitrogens with two attached hydrogens (primary N) is 1. The zero-order chi connectivity index (χ0) is 19.7.